The van der Waals surface area contributed by atoms with Gasteiger partial charge in [0.1, 0.15) is 11.9 Å². The molecule has 0 aliphatic carbocycles. The standard InChI is InChI=1S/C22H27N5O2S/c1-13(16-9-21(28)24-10-16)29-20-8-15(7-19-22(20)30-14(2)26-19)17-11-25-27(12-17)18-3-5-23-6-4-18/h7-8,11-13,16,18,23H,3-6,9-10H2,1-2H3,(H,24,28)/t13?,16-/m1/s1. The van der Waals surface area contributed by atoms with Crippen molar-refractivity contribution in [3.8, 4) is 16.9 Å². The summed E-state index contributed by atoms with van der Waals surface area (Å²) in [7, 11) is 0. The number of aryl methyl sites for hydroxylation is 1. The molecule has 0 radical (unpaired) electrons. The first kappa shape index (κ1) is 19.5. The van der Waals surface area contributed by atoms with Crippen LogP contribution in [-0.2, 0) is 4.79 Å². The summed E-state index contributed by atoms with van der Waals surface area (Å²) >= 11 is 1.65. The Morgan fingerprint density at radius 3 is 2.87 bits per heavy atom. The summed E-state index contributed by atoms with van der Waals surface area (Å²) in [6.45, 7) is 6.82. The number of hydrogen-bond acceptors (Lipinski definition) is 6. The summed E-state index contributed by atoms with van der Waals surface area (Å²) in [5.74, 6) is 1.13. The molecule has 0 saturated carbocycles. The number of thiazole rings is 1. The topological polar surface area (TPSA) is 81.1 Å². The van der Waals surface area contributed by atoms with Gasteiger partial charge in [-0.05, 0) is 57.5 Å². The number of piperidine rings is 1. The predicted octanol–water partition coefficient (Wildman–Crippen LogP) is 3.30. The number of hydrogen-bond donors (Lipinski definition) is 2. The SMILES string of the molecule is Cc1nc2cc(-c3cnn(C4CCNCC4)c3)cc(OC(C)[C@H]3CNC(=O)C3)c2s1. The molecule has 1 unspecified atom stereocenters. The third-order valence-electron chi connectivity index (χ3n) is 6.17. The minimum absolute atomic E-state index is 0.0535. The smallest absolute Gasteiger partial charge is 0.220 e. The third kappa shape index (κ3) is 3.81. The molecule has 30 heavy (non-hydrogen) atoms. The molecule has 0 spiro atoms. The Hall–Kier alpha value is -2.45. The van der Waals surface area contributed by atoms with Crippen LogP contribution in [0.2, 0.25) is 0 Å². The van der Waals surface area contributed by atoms with Crippen LogP contribution < -0.4 is 15.4 Å². The molecule has 5 rings (SSSR count). The van der Waals surface area contributed by atoms with Crippen molar-refractivity contribution in [3.05, 3.63) is 29.5 Å². The monoisotopic (exact) mass is 425 g/mol. The molecule has 3 aromatic rings. The molecule has 2 N–H and O–H groups in total. The molecule has 158 valence electrons. The highest BCUT2D eigenvalue weighted by atomic mass is 32.1. The van der Waals surface area contributed by atoms with Crippen molar-refractivity contribution in [3.63, 3.8) is 0 Å². The lowest BCUT2D eigenvalue weighted by atomic mass is 10.0. The lowest BCUT2D eigenvalue weighted by molar-refractivity contribution is -0.119. The van der Waals surface area contributed by atoms with Gasteiger partial charge in [0, 0.05) is 30.6 Å². The second-order valence-electron chi connectivity index (χ2n) is 8.34. The number of aromatic nitrogens is 3. The van der Waals surface area contributed by atoms with E-state index in [-0.39, 0.29) is 17.9 Å². The van der Waals surface area contributed by atoms with Crippen LogP contribution in [0, 0.1) is 12.8 Å². The van der Waals surface area contributed by atoms with Crippen molar-refractivity contribution in [1.82, 2.24) is 25.4 Å². The van der Waals surface area contributed by atoms with Crippen LogP contribution >= 0.6 is 11.3 Å². The highest BCUT2D eigenvalue weighted by Gasteiger charge is 2.28. The lowest BCUT2D eigenvalue weighted by Gasteiger charge is -2.22. The highest BCUT2D eigenvalue weighted by Crippen LogP contribution is 2.37. The van der Waals surface area contributed by atoms with Gasteiger partial charge in [-0.2, -0.15) is 5.10 Å². The zero-order chi connectivity index (χ0) is 20.7. The lowest BCUT2D eigenvalue weighted by Crippen LogP contribution is -2.29. The Morgan fingerprint density at radius 1 is 1.27 bits per heavy atom. The maximum atomic E-state index is 11.6. The van der Waals surface area contributed by atoms with Crippen molar-refractivity contribution in [2.45, 2.75) is 45.3 Å². The number of benzene rings is 1. The van der Waals surface area contributed by atoms with E-state index >= 15 is 0 Å². The molecule has 0 bridgehead atoms. The maximum absolute atomic E-state index is 11.6. The van der Waals surface area contributed by atoms with Gasteiger partial charge in [-0.1, -0.05) is 0 Å². The molecule has 8 heteroatoms. The predicted molar refractivity (Wildman–Crippen MR) is 118 cm³/mol. The van der Waals surface area contributed by atoms with E-state index in [1.54, 1.807) is 11.3 Å². The number of fused-ring (bicyclic) bond motifs is 1. The van der Waals surface area contributed by atoms with Crippen LogP contribution in [0.15, 0.2) is 24.5 Å². The zero-order valence-corrected chi connectivity index (χ0v) is 18.2. The summed E-state index contributed by atoms with van der Waals surface area (Å²) < 4.78 is 9.57. The fourth-order valence-corrected chi connectivity index (χ4v) is 5.24. The van der Waals surface area contributed by atoms with Gasteiger partial charge in [0.2, 0.25) is 5.91 Å². The number of carbonyl (C=O) groups is 1. The van der Waals surface area contributed by atoms with Gasteiger partial charge in [0.25, 0.3) is 0 Å². The molecular formula is C22H27N5O2S. The normalized spacial score (nSPS) is 21.1. The van der Waals surface area contributed by atoms with E-state index < -0.39 is 0 Å². The number of carbonyl (C=O) groups excluding carboxylic acids is 1. The Balaban J connectivity index is 1.46. The average molecular weight is 426 g/mol. The molecule has 1 amide bonds. The van der Waals surface area contributed by atoms with Crippen LogP contribution in [0.4, 0.5) is 0 Å². The van der Waals surface area contributed by atoms with Crippen LogP contribution in [0.3, 0.4) is 0 Å². The minimum atomic E-state index is -0.0535. The number of amides is 1. The number of ether oxygens (including phenoxy) is 1. The molecule has 2 aromatic heterocycles. The fourth-order valence-electron chi connectivity index (χ4n) is 4.38. The van der Waals surface area contributed by atoms with Gasteiger partial charge in [0.05, 0.1) is 27.5 Å². The van der Waals surface area contributed by atoms with Crippen LogP contribution in [0.5, 0.6) is 5.75 Å². The molecule has 2 aliphatic heterocycles. The Morgan fingerprint density at radius 2 is 2.10 bits per heavy atom. The van der Waals surface area contributed by atoms with Crippen molar-refractivity contribution < 1.29 is 9.53 Å². The second-order valence-corrected chi connectivity index (χ2v) is 9.54. The number of nitrogens with zero attached hydrogens (tertiary/aromatic N) is 3. The molecule has 2 aliphatic rings. The molecular weight excluding hydrogens is 398 g/mol. The molecule has 2 atom stereocenters. The fraction of sp³-hybridized carbons (Fsp3) is 0.500. The summed E-state index contributed by atoms with van der Waals surface area (Å²) in [6.07, 6.45) is 6.76. The summed E-state index contributed by atoms with van der Waals surface area (Å²) in [6, 6.07) is 4.68. The molecule has 4 heterocycles. The van der Waals surface area contributed by atoms with Crippen molar-refractivity contribution in [2.24, 2.45) is 5.92 Å². The summed E-state index contributed by atoms with van der Waals surface area (Å²) in [4.78, 5) is 16.3. The Bertz CT molecular complexity index is 1070. The van der Waals surface area contributed by atoms with Gasteiger partial charge >= 0.3 is 0 Å². The van der Waals surface area contributed by atoms with E-state index in [1.807, 2.05) is 20.0 Å². The molecule has 2 fully saturated rings. The van der Waals surface area contributed by atoms with E-state index in [0.717, 1.165) is 58.0 Å². The average Bonchev–Trinajstić information content (AvgIpc) is 3.47. The number of rotatable bonds is 5. The maximum Gasteiger partial charge on any atom is 0.220 e. The molecule has 2 saturated heterocycles. The van der Waals surface area contributed by atoms with Crippen molar-refractivity contribution in [1.29, 1.82) is 0 Å². The summed E-state index contributed by atoms with van der Waals surface area (Å²) in [5, 5.41) is 12.0. The first-order valence-corrected chi connectivity index (χ1v) is 11.5. The van der Waals surface area contributed by atoms with E-state index in [4.69, 9.17) is 9.72 Å². The van der Waals surface area contributed by atoms with Gasteiger partial charge < -0.3 is 15.4 Å². The first-order chi connectivity index (χ1) is 14.6. The van der Waals surface area contributed by atoms with Crippen LogP contribution in [0.1, 0.15) is 37.2 Å². The van der Waals surface area contributed by atoms with E-state index in [0.29, 0.717) is 19.0 Å². The van der Waals surface area contributed by atoms with Gasteiger partial charge in [-0.25, -0.2) is 4.98 Å². The van der Waals surface area contributed by atoms with Crippen molar-refractivity contribution >= 4 is 27.5 Å². The van der Waals surface area contributed by atoms with Crippen LogP contribution in [0.25, 0.3) is 21.3 Å². The summed E-state index contributed by atoms with van der Waals surface area (Å²) in [5.41, 5.74) is 3.10. The van der Waals surface area contributed by atoms with E-state index in [9.17, 15) is 4.79 Å². The first-order valence-electron chi connectivity index (χ1n) is 10.7. The van der Waals surface area contributed by atoms with Crippen LogP contribution in [-0.4, -0.2) is 46.4 Å². The minimum Gasteiger partial charge on any atom is -0.489 e. The highest BCUT2D eigenvalue weighted by molar-refractivity contribution is 7.18. The second kappa shape index (κ2) is 8.00. The number of nitrogens with one attached hydrogen (secondary N) is 2. The quantitative estimate of drug-likeness (QED) is 0.656. The Kier molecular flexibility index (Phi) is 5.20. The molecule has 1 aromatic carbocycles. The zero-order valence-electron chi connectivity index (χ0n) is 17.4. The van der Waals surface area contributed by atoms with Crippen molar-refractivity contribution in [2.75, 3.05) is 19.6 Å². The van der Waals surface area contributed by atoms with Gasteiger partial charge in [0.15, 0.2) is 0 Å². The molecule has 7 nitrogen and oxygen atoms in total. The Labute approximate surface area is 179 Å². The third-order valence-corrected chi connectivity index (χ3v) is 7.17. The van der Waals surface area contributed by atoms with E-state index in [1.165, 1.54) is 0 Å². The van der Waals surface area contributed by atoms with Gasteiger partial charge in [-0.15, -0.1) is 11.3 Å². The largest absolute Gasteiger partial charge is 0.489 e. The van der Waals surface area contributed by atoms with E-state index in [2.05, 4.69) is 38.7 Å². The van der Waals surface area contributed by atoms with Gasteiger partial charge in [-0.3, -0.25) is 9.48 Å².